The van der Waals surface area contributed by atoms with E-state index in [1.165, 1.54) is 54.7 Å². The number of unbranched alkanes of at least 4 members (excludes halogenated alkanes) is 3. The van der Waals surface area contributed by atoms with Gasteiger partial charge in [-0.2, -0.15) is 0 Å². The zero-order chi connectivity index (χ0) is 29.0. The van der Waals surface area contributed by atoms with Gasteiger partial charge in [0, 0.05) is 30.7 Å². The van der Waals surface area contributed by atoms with E-state index < -0.39 is 32.1 Å². The van der Waals surface area contributed by atoms with Gasteiger partial charge in [0.2, 0.25) is 10.0 Å². The molecule has 3 rings (SSSR count). The summed E-state index contributed by atoms with van der Waals surface area (Å²) in [5, 5.41) is 15.8. The fourth-order valence-corrected chi connectivity index (χ4v) is 4.95. The number of carbonyl (C=O) groups is 2. The van der Waals surface area contributed by atoms with Crippen molar-refractivity contribution in [1.29, 1.82) is 0 Å². The molecule has 0 aliphatic heterocycles. The number of benzene rings is 2. The molecule has 40 heavy (non-hydrogen) atoms. The number of rotatable bonds is 13. The number of anilines is 3. The summed E-state index contributed by atoms with van der Waals surface area (Å²) in [6.07, 6.45) is 4.65. The first-order valence-corrected chi connectivity index (χ1v) is 15.3. The number of nitrogens with zero attached hydrogens (tertiary/aromatic N) is 1. The fraction of sp³-hybridized carbons (Fsp3) is 0.240. The molecule has 2 aromatic carbocycles. The molecule has 0 bridgehead atoms. The van der Waals surface area contributed by atoms with Gasteiger partial charge in [0.05, 0.1) is 9.79 Å². The summed E-state index contributed by atoms with van der Waals surface area (Å²) in [6.45, 7) is 0.910. The van der Waals surface area contributed by atoms with Crippen LogP contribution < -0.4 is 31.1 Å². The predicted octanol–water partition coefficient (Wildman–Crippen LogP) is 3.03. The van der Waals surface area contributed by atoms with Crippen LogP contribution in [0.2, 0.25) is 0 Å². The number of hydrogen-bond donors (Lipinski definition) is 6. The van der Waals surface area contributed by atoms with Gasteiger partial charge in [-0.15, -0.1) is 0 Å². The topological polar surface area (TPSA) is 201 Å². The highest BCUT2D eigenvalue weighted by molar-refractivity contribution is 7.92. The van der Waals surface area contributed by atoms with Crippen LogP contribution in [0.4, 0.5) is 26.8 Å². The number of nitrogens with two attached hydrogens (primary N) is 1. The SMILES string of the molecule is NS(=O)(=O)c1ccc(NC(=O)NCCCCCCNC(=O)Nc2ccc(S(=O)(=O)Nc3ccccn3)cc2)cc1. The lowest BCUT2D eigenvalue weighted by molar-refractivity contribution is 0.250. The molecule has 15 heteroatoms. The van der Waals surface area contributed by atoms with Crippen molar-refractivity contribution < 1.29 is 26.4 Å². The van der Waals surface area contributed by atoms with Crippen LogP contribution in [0.15, 0.2) is 82.7 Å². The Hall–Kier alpha value is -4.21. The van der Waals surface area contributed by atoms with Crippen molar-refractivity contribution in [3.63, 3.8) is 0 Å². The number of aromatic nitrogens is 1. The lowest BCUT2D eigenvalue weighted by Crippen LogP contribution is -2.30. The Morgan fingerprint density at radius 3 is 1.62 bits per heavy atom. The first kappa shape index (κ1) is 30.3. The van der Waals surface area contributed by atoms with E-state index in [0.29, 0.717) is 24.5 Å². The molecule has 0 aliphatic rings. The molecule has 13 nitrogen and oxygen atoms in total. The summed E-state index contributed by atoms with van der Waals surface area (Å²) in [7, 11) is -7.59. The van der Waals surface area contributed by atoms with Gasteiger partial charge in [0.15, 0.2) is 0 Å². The number of pyridine rings is 1. The van der Waals surface area contributed by atoms with Crippen molar-refractivity contribution in [3.05, 3.63) is 72.9 Å². The van der Waals surface area contributed by atoms with Gasteiger partial charge in [-0.25, -0.2) is 36.5 Å². The third kappa shape index (κ3) is 10.2. The molecule has 3 aromatic rings. The molecule has 1 aromatic heterocycles. The maximum Gasteiger partial charge on any atom is 0.319 e. The minimum atomic E-state index is -3.80. The Morgan fingerprint density at radius 1 is 0.675 bits per heavy atom. The third-order valence-electron chi connectivity index (χ3n) is 5.44. The highest BCUT2D eigenvalue weighted by atomic mass is 32.2. The first-order chi connectivity index (χ1) is 19.0. The predicted molar refractivity (Wildman–Crippen MR) is 152 cm³/mol. The Morgan fingerprint density at radius 2 is 1.18 bits per heavy atom. The molecule has 0 saturated heterocycles. The highest BCUT2D eigenvalue weighted by Gasteiger charge is 2.15. The van der Waals surface area contributed by atoms with Crippen molar-refractivity contribution in [2.45, 2.75) is 35.5 Å². The van der Waals surface area contributed by atoms with Crippen LogP contribution in [0.5, 0.6) is 0 Å². The van der Waals surface area contributed by atoms with E-state index in [1.54, 1.807) is 18.2 Å². The summed E-state index contributed by atoms with van der Waals surface area (Å²) in [6, 6.07) is 15.4. The molecule has 1 heterocycles. The van der Waals surface area contributed by atoms with Gasteiger partial charge >= 0.3 is 12.1 Å². The Balaban J connectivity index is 1.26. The van der Waals surface area contributed by atoms with Crippen LogP contribution in [0.25, 0.3) is 0 Å². The summed E-state index contributed by atoms with van der Waals surface area (Å²) >= 11 is 0. The standard InChI is InChI=1S/C25H31N7O6S2/c26-39(35,36)21-12-8-19(9-13-21)30-24(33)28-17-4-1-2-5-18-29-25(34)31-20-10-14-22(15-11-20)40(37,38)32-23-7-3-6-16-27-23/h3,6-16H,1-2,4-5,17-18H2,(H,27,32)(H2,26,35,36)(H2,28,30,33)(H2,29,31,34). The van der Waals surface area contributed by atoms with E-state index in [9.17, 15) is 26.4 Å². The maximum atomic E-state index is 12.5. The van der Waals surface area contributed by atoms with Gasteiger partial charge in [0.1, 0.15) is 5.82 Å². The Labute approximate surface area is 233 Å². The monoisotopic (exact) mass is 589 g/mol. The minimum absolute atomic E-state index is 0.0369. The number of nitrogens with one attached hydrogen (secondary N) is 5. The van der Waals surface area contributed by atoms with Gasteiger partial charge in [0.25, 0.3) is 10.0 Å². The second-order valence-corrected chi connectivity index (χ2v) is 11.8. The molecular weight excluding hydrogens is 558 g/mol. The summed E-state index contributed by atoms with van der Waals surface area (Å²) < 4.78 is 49.8. The molecule has 0 radical (unpaired) electrons. The Kier molecular flexibility index (Phi) is 10.8. The molecule has 0 saturated carbocycles. The molecule has 0 aliphatic carbocycles. The number of amides is 4. The van der Waals surface area contributed by atoms with E-state index in [0.717, 1.165) is 25.7 Å². The highest BCUT2D eigenvalue weighted by Crippen LogP contribution is 2.17. The van der Waals surface area contributed by atoms with Crippen LogP contribution in [0.1, 0.15) is 25.7 Å². The third-order valence-corrected chi connectivity index (χ3v) is 7.74. The van der Waals surface area contributed by atoms with E-state index >= 15 is 0 Å². The fourth-order valence-electron chi connectivity index (χ4n) is 3.42. The number of hydrogen-bond acceptors (Lipinski definition) is 7. The van der Waals surface area contributed by atoms with Crippen molar-refractivity contribution >= 4 is 49.3 Å². The lowest BCUT2D eigenvalue weighted by atomic mass is 10.2. The van der Waals surface area contributed by atoms with Gasteiger partial charge < -0.3 is 21.3 Å². The van der Waals surface area contributed by atoms with Crippen LogP contribution in [-0.2, 0) is 20.0 Å². The van der Waals surface area contributed by atoms with Gasteiger partial charge in [-0.05, 0) is 73.5 Å². The number of sulfonamides is 2. The largest absolute Gasteiger partial charge is 0.338 e. The number of urea groups is 2. The van der Waals surface area contributed by atoms with E-state index in [-0.39, 0.29) is 15.6 Å². The van der Waals surface area contributed by atoms with E-state index in [4.69, 9.17) is 5.14 Å². The van der Waals surface area contributed by atoms with Crippen molar-refractivity contribution in [2.24, 2.45) is 5.14 Å². The molecule has 0 atom stereocenters. The van der Waals surface area contributed by atoms with Crippen LogP contribution in [0, 0.1) is 0 Å². The summed E-state index contributed by atoms with van der Waals surface area (Å²) in [5.74, 6) is 0.207. The van der Waals surface area contributed by atoms with Crippen molar-refractivity contribution in [3.8, 4) is 0 Å². The summed E-state index contributed by atoms with van der Waals surface area (Å²) in [4.78, 5) is 28.0. The van der Waals surface area contributed by atoms with Crippen LogP contribution in [-0.4, -0.2) is 47.0 Å². The molecule has 0 unspecified atom stereocenters. The average molecular weight is 590 g/mol. The molecule has 214 valence electrons. The Bertz CT molecular complexity index is 1480. The van der Waals surface area contributed by atoms with Crippen LogP contribution in [0.3, 0.4) is 0 Å². The minimum Gasteiger partial charge on any atom is -0.338 e. The lowest BCUT2D eigenvalue weighted by Gasteiger charge is -2.10. The molecule has 4 amide bonds. The maximum absolute atomic E-state index is 12.5. The van der Waals surface area contributed by atoms with Crippen LogP contribution >= 0.6 is 0 Å². The first-order valence-electron chi connectivity index (χ1n) is 12.3. The quantitative estimate of drug-likeness (QED) is 0.164. The number of primary sulfonamides is 1. The van der Waals surface area contributed by atoms with E-state index in [1.807, 2.05) is 0 Å². The summed E-state index contributed by atoms with van der Waals surface area (Å²) in [5.41, 5.74) is 0.881. The average Bonchev–Trinajstić information content (AvgIpc) is 2.90. The number of carbonyl (C=O) groups excluding carboxylic acids is 2. The molecular formula is C25H31N7O6S2. The van der Waals surface area contributed by atoms with Gasteiger partial charge in [-0.3, -0.25) is 4.72 Å². The van der Waals surface area contributed by atoms with Crippen molar-refractivity contribution in [1.82, 2.24) is 15.6 Å². The van der Waals surface area contributed by atoms with E-state index in [2.05, 4.69) is 31.0 Å². The van der Waals surface area contributed by atoms with Crippen molar-refractivity contribution in [2.75, 3.05) is 28.4 Å². The normalized spacial score (nSPS) is 11.3. The molecule has 0 spiro atoms. The smallest absolute Gasteiger partial charge is 0.319 e. The van der Waals surface area contributed by atoms with Gasteiger partial charge in [-0.1, -0.05) is 18.9 Å². The zero-order valence-electron chi connectivity index (χ0n) is 21.5. The second kappa shape index (κ2) is 14.3. The molecule has 0 fully saturated rings. The second-order valence-electron chi connectivity index (χ2n) is 8.59. The molecule has 7 N–H and O–H groups in total. The zero-order valence-corrected chi connectivity index (χ0v) is 23.1.